The normalized spacial score (nSPS) is 15.3. The van der Waals surface area contributed by atoms with Gasteiger partial charge in [0.05, 0.1) is 17.9 Å². The van der Waals surface area contributed by atoms with E-state index in [0.717, 1.165) is 40.9 Å². The molecule has 5 heteroatoms. The van der Waals surface area contributed by atoms with E-state index in [1.165, 1.54) is 0 Å². The molecule has 1 aromatic carbocycles. The number of amides is 1. The molecule has 98 valence electrons. The second kappa shape index (κ2) is 5.28. The predicted octanol–water partition coefficient (Wildman–Crippen LogP) is 1.89. The first-order valence-electron chi connectivity index (χ1n) is 6.06. The Morgan fingerprint density at radius 2 is 2.17 bits per heavy atom. The summed E-state index contributed by atoms with van der Waals surface area (Å²) in [5, 5.41) is 0. The molecule has 2 rings (SSSR count). The van der Waals surface area contributed by atoms with Crippen molar-refractivity contribution in [1.82, 2.24) is 0 Å². The van der Waals surface area contributed by atoms with Crippen LogP contribution < -0.4 is 15.5 Å². The van der Waals surface area contributed by atoms with Gasteiger partial charge in [0.15, 0.2) is 0 Å². The van der Waals surface area contributed by atoms with E-state index in [1.54, 1.807) is 4.90 Å². The van der Waals surface area contributed by atoms with E-state index in [4.69, 9.17) is 5.73 Å². The fraction of sp³-hybridized carbons (Fsp3) is 0.462. The SMILES string of the molecule is Cc1cc(Br)c2c(c1)N(C(=O)CN)CCCN2C. The predicted molar refractivity (Wildman–Crippen MR) is 78.2 cm³/mol. The number of anilines is 2. The maximum absolute atomic E-state index is 12.0. The van der Waals surface area contributed by atoms with Crippen molar-refractivity contribution in [2.75, 3.05) is 36.5 Å². The molecule has 1 aliphatic heterocycles. The number of fused-ring (bicyclic) bond motifs is 1. The van der Waals surface area contributed by atoms with Gasteiger partial charge < -0.3 is 15.5 Å². The number of halogens is 1. The summed E-state index contributed by atoms with van der Waals surface area (Å²) in [5.74, 6) is -0.0240. The molecule has 0 radical (unpaired) electrons. The minimum Gasteiger partial charge on any atom is -0.372 e. The molecule has 1 aliphatic rings. The van der Waals surface area contributed by atoms with Gasteiger partial charge in [0.1, 0.15) is 0 Å². The highest BCUT2D eigenvalue weighted by atomic mass is 79.9. The first kappa shape index (κ1) is 13.4. The van der Waals surface area contributed by atoms with Gasteiger partial charge in [0.2, 0.25) is 5.91 Å². The van der Waals surface area contributed by atoms with Crippen LogP contribution in [0.15, 0.2) is 16.6 Å². The van der Waals surface area contributed by atoms with E-state index in [-0.39, 0.29) is 12.5 Å². The van der Waals surface area contributed by atoms with E-state index in [9.17, 15) is 4.79 Å². The molecular formula is C13H18BrN3O. The first-order valence-corrected chi connectivity index (χ1v) is 6.85. The largest absolute Gasteiger partial charge is 0.372 e. The van der Waals surface area contributed by atoms with E-state index in [2.05, 4.69) is 40.0 Å². The van der Waals surface area contributed by atoms with Crippen LogP contribution in [0.2, 0.25) is 0 Å². The molecule has 0 aromatic heterocycles. The molecule has 1 aromatic rings. The molecule has 0 saturated carbocycles. The van der Waals surface area contributed by atoms with Crippen LogP contribution in [-0.2, 0) is 4.79 Å². The number of carbonyl (C=O) groups is 1. The van der Waals surface area contributed by atoms with Crippen molar-refractivity contribution >= 4 is 33.2 Å². The number of benzene rings is 1. The smallest absolute Gasteiger partial charge is 0.240 e. The number of rotatable bonds is 1. The summed E-state index contributed by atoms with van der Waals surface area (Å²) < 4.78 is 1.02. The van der Waals surface area contributed by atoms with Crippen LogP contribution in [0.5, 0.6) is 0 Å². The monoisotopic (exact) mass is 311 g/mol. The molecule has 0 aliphatic carbocycles. The fourth-order valence-corrected chi connectivity index (χ4v) is 3.23. The lowest BCUT2D eigenvalue weighted by Gasteiger charge is -2.25. The lowest BCUT2D eigenvalue weighted by molar-refractivity contribution is -0.117. The summed E-state index contributed by atoms with van der Waals surface area (Å²) in [7, 11) is 2.05. The summed E-state index contributed by atoms with van der Waals surface area (Å²) in [4.78, 5) is 16.0. The molecule has 1 heterocycles. The van der Waals surface area contributed by atoms with Gasteiger partial charge in [-0.15, -0.1) is 0 Å². The molecular weight excluding hydrogens is 294 g/mol. The second-order valence-electron chi connectivity index (χ2n) is 4.64. The Labute approximate surface area is 116 Å². The van der Waals surface area contributed by atoms with Crippen LogP contribution >= 0.6 is 15.9 Å². The van der Waals surface area contributed by atoms with Gasteiger partial charge in [0, 0.05) is 24.6 Å². The zero-order valence-corrected chi connectivity index (χ0v) is 12.3. The number of hydrogen-bond donors (Lipinski definition) is 1. The Morgan fingerprint density at radius 1 is 1.44 bits per heavy atom. The van der Waals surface area contributed by atoms with E-state index < -0.39 is 0 Å². The fourth-order valence-electron chi connectivity index (χ4n) is 2.37. The number of carbonyl (C=O) groups excluding carboxylic acids is 1. The van der Waals surface area contributed by atoms with Gasteiger partial charge in [-0.05, 0) is 47.0 Å². The lowest BCUT2D eigenvalue weighted by Crippen LogP contribution is -2.36. The minimum absolute atomic E-state index is 0.0240. The van der Waals surface area contributed by atoms with Crippen LogP contribution in [0.3, 0.4) is 0 Å². The van der Waals surface area contributed by atoms with E-state index in [1.807, 2.05) is 6.92 Å². The summed E-state index contributed by atoms with van der Waals surface area (Å²) in [6.45, 7) is 3.74. The van der Waals surface area contributed by atoms with Gasteiger partial charge in [-0.3, -0.25) is 4.79 Å². The van der Waals surface area contributed by atoms with Crippen LogP contribution in [0.4, 0.5) is 11.4 Å². The first-order chi connectivity index (χ1) is 8.54. The Kier molecular flexibility index (Phi) is 3.92. The molecule has 0 unspecified atom stereocenters. The van der Waals surface area contributed by atoms with Crippen molar-refractivity contribution in [3.05, 3.63) is 22.2 Å². The van der Waals surface area contributed by atoms with Crippen molar-refractivity contribution in [3.63, 3.8) is 0 Å². The second-order valence-corrected chi connectivity index (χ2v) is 5.49. The standard InChI is InChI=1S/C13H18BrN3O/c1-9-6-10(14)13-11(7-9)17(12(18)8-15)5-3-4-16(13)2/h6-7H,3-5,8,15H2,1-2H3. The van der Waals surface area contributed by atoms with Gasteiger partial charge in [-0.2, -0.15) is 0 Å². The van der Waals surface area contributed by atoms with Gasteiger partial charge in [-0.1, -0.05) is 0 Å². The third kappa shape index (κ3) is 2.37. The Balaban J connectivity index is 2.57. The van der Waals surface area contributed by atoms with Crippen molar-refractivity contribution in [3.8, 4) is 0 Å². The highest BCUT2D eigenvalue weighted by Crippen LogP contribution is 2.39. The van der Waals surface area contributed by atoms with Gasteiger partial charge in [0.25, 0.3) is 0 Å². The summed E-state index contributed by atoms with van der Waals surface area (Å²) in [5.41, 5.74) is 8.66. The van der Waals surface area contributed by atoms with Crippen molar-refractivity contribution in [2.24, 2.45) is 5.73 Å². The molecule has 18 heavy (non-hydrogen) atoms. The average Bonchev–Trinajstić information content (AvgIpc) is 2.47. The summed E-state index contributed by atoms with van der Waals surface area (Å²) in [6.07, 6.45) is 0.947. The van der Waals surface area contributed by atoms with Gasteiger partial charge >= 0.3 is 0 Å². The molecule has 0 atom stereocenters. The number of nitrogens with two attached hydrogens (primary N) is 1. The van der Waals surface area contributed by atoms with E-state index in [0.29, 0.717) is 0 Å². The Bertz CT molecular complexity index is 476. The quantitative estimate of drug-likeness (QED) is 0.861. The summed E-state index contributed by atoms with van der Waals surface area (Å²) >= 11 is 3.60. The molecule has 0 spiro atoms. The highest BCUT2D eigenvalue weighted by Gasteiger charge is 2.24. The number of hydrogen-bond acceptors (Lipinski definition) is 3. The molecule has 1 amide bonds. The van der Waals surface area contributed by atoms with Crippen LogP contribution in [-0.4, -0.2) is 32.6 Å². The zero-order chi connectivity index (χ0) is 13.3. The number of aryl methyl sites for hydroxylation is 1. The van der Waals surface area contributed by atoms with Crippen molar-refractivity contribution in [2.45, 2.75) is 13.3 Å². The van der Waals surface area contributed by atoms with E-state index >= 15 is 0 Å². The van der Waals surface area contributed by atoms with Crippen LogP contribution in [0.1, 0.15) is 12.0 Å². The maximum Gasteiger partial charge on any atom is 0.240 e. The highest BCUT2D eigenvalue weighted by molar-refractivity contribution is 9.10. The van der Waals surface area contributed by atoms with Crippen LogP contribution in [0.25, 0.3) is 0 Å². The topological polar surface area (TPSA) is 49.6 Å². The maximum atomic E-state index is 12.0. The molecule has 0 saturated heterocycles. The lowest BCUT2D eigenvalue weighted by atomic mass is 10.1. The summed E-state index contributed by atoms with van der Waals surface area (Å²) in [6, 6.07) is 4.13. The zero-order valence-electron chi connectivity index (χ0n) is 10.7. The minimum atomic E-state index is -0.0240. The van der Waals surface area contributed by atoms with Crippen molar-refractivity contribution < 1.29 is 4.79 Å². The Hall–Kier alpha value is -1.07. The third-order valence-electron chi connectivity index (χ3n) is 3.21. The van der Waals surface area contributed by atoms with Crippen molar-refractivity contribution in [1.29, 1.82) is 0 Å². The molecule has 0 bridgehead atoms. The molecule has 2 N–H and O–H groups in total. The van der Waals surface area contributed by atoms with Gasteiger partial charge in [-0.25, -0.2) is 0 Å². The molecule has 4 nitrogen and oxygen atoms in total. The third-order valence-corrected chi connectivity index (χ3v) is 3.82. The average molecular weight is 312 g/mol. The van der Waals surface area contributed by atoms with Crippen LogP contribution in [0, 0.1) is 6.92 Å². The molecule has 0 fully saturated rings. The number of nitrogens with zero attached hydrogens (tertiary/aromatic N) is 2. The Morgan fingerprint density at radius 3 is 2.83 bits per heavy atom.